The molecule has 4 N–H and O–H groups in total. The lowest BCUT2D eigenvalue weighted by Gasteiger charge is -2.27. The first kappa shape index (κ1) is 17.6. The smallest absolute Gasteiger partial charge is 0.241 e. The highest BCUT2D eigenvalue weighted by molar-refractivity contribution is 7.80. The van der Waals surface area contributed by atoms with E-state index in [1.807, 2.05) is 30.9 Å². The van der Waals surface area contributed by atoms with Crippen molar-refractivity contribution < 1.29 is 9.90 Å². The van der Waals surface area contributed by atoms with E-state index in [0.717, 1.165) is 13.0 Å². The number of carbonyl (C=O) groups is 1. The number of nitrogens with one attached hydrogen (secondary N) is 1. The topological polar surface area (TPSA) is 78.6 Å². The van der Waals surface area contributed by atoms with E-state index in [9.17, 15) is 4.79 Å². The second kappa shape index (κ2) is 8.71. The molecule has 6 heteroatoms. The van der Waals surface area contributed by atoms with Crippen molar-refractivity contribution >= 4 is 28.8 Å². The van der Waals surface area contributed by atoms with E-state index < -0.39 is 0 Å². The van der Waals surface area contributed by atoms with Crippen molar-refractivity contribution in [1.82, 2.24) is 4.90 Å². The molecule has 0 aliphatic heterocycles. The summed E-state index contributed by atoms with van der Waals surface area (Å²) in [4.78, 5) is 14.6. The van der Waals surface area contributed by atoms with Crippen molar-refractivity contribution in [3.63, 3.8) is 0 Å². The highest BCUT2D eigenvalue weighted by atomic mass is 32.1. The second-order valence-corrected chi connectivity index (χ2v) is 5.27. The van der Waals surface area contributed by atoms with Gasteiger partial charge in [0.05, 0.1) is 18.3 Å². The number of amides is 1. The summed E-state index contributed by atoms with van der Waals surface area (Å²) in [7, 11) is 0. The minimum atomic E-state index is -0.337. The molecule has 0 aliphatic rings. The summed E-state index contributed by atoms with van der Waals surface area (Å²) in [6.45, 7) is 5.12. The van der Waals surface area contributed by atoms with Crippen molar-refractivity contribution in [2.45, 2.75) is 26.3 Å². The summed E-state index contributed by atoms with van der Waals surface area (Å²) < 4.78 is 0. The Balaban J connectivity index is 2.82. The van der Waals surface area contributed by atoms with E-state index in [2.05, 4.69) is 5.32 Å². The molecule has 0 heterocycles. The van der Waals surface area contributed by atoms with Crippen LogP contribution in [0.25, 0.3) is 0 Å². The number of hydrogen-bond donors (Lipinski definition) is 3. The molecule has 0 saturated carbocycles. The largest absolute Gasteiger partial charge is 0.395 e. The molecule has 0 bridgehead atoms. The number of benzene rings is 1. The molecule has 0 spiro atoms. The molecule has 0 saturated heterocycles. The van der Waals surface area contributed by atoms with E-state index in [-0.39, 0.29) is 23.5 Å². The summed E-state index contributed by atoms with van der Waals surface area (Å²) >= 11 is 4.99. The lowest BCUT2D eigenvalue weighted by Crippen LogP contribution is -2.44. The third-order valence-corrected chi connectivity index (χ3v) is 3.50. The van der Waals surface area contributed by atoms with Crippen LogP contribution in [0, 0.1) is 0 Å². The second-order valence-electron chi connectivity index (χ2n) is 4.83. The van der Waals surface area contributed by atoms with Crippen LogP contribution in [0.4, 0.5) is 5.69 Å². The van der Waals surface area contributed by atoms with Crippen molar-refractivity contribution in [1.29, 1.82) is 0 Å². The van der Waals surface area contributed by atoms with Gasteiger partial charge < -0.3 is 16.2 Å². The lowest BCUT2D eigenvalue weighted by atomic mass is 10.1. The van der Waals surface area contributed by atoms with Gasteiger partial charge in [-0.25, -0.2) is 0 Å². The van der Waals surface area contributed by atoms with Gasteiger partial charge in [0.2, 0.25) is 5.91 Å². The molecular formula is C15H23N3O2S. The van der Waals surface area contributed by atoms with Crippen LogP contribution in [-0.4, -0.2) is 46.6 Å². The summed E-state index contributed by atoms with van der Waals surface area (Å²) in [5, 5.41) is 12.0. The van der Waals surface area contributed by atoms with Crippen LogP contribution in [0.2, 0.25) is 0 Å². The first-order valence-electron chi connectivity index (χ1n) is 7.05. The van der Waals surface area contributed by atoms with Gasteiger partial charge in [-0.05, 0) is 32.0 Å². The standard InChI is InChI=1S/C15H23N3O2S/c1-3-8-18(9-10-19)11(2)15(20)17-13-7-5-4-6-12(13)14(16)21/h4-7,11,19H,3,8-10H2,1-2H3,(H2,16,21)(H,17,20). The molecule has 1 aromatic rings. The zero-order valence-electron chi connectivity index (χ0n) is 12.5. The number of hydrogen-bond acceptors (Lipinski definition) is 4. The van der Waals surface area contributed by atoms with Gasteiger partial charge in [0.25, 0.3) is 0 Å². The Morgan fingerprint density at radius 3 is 2.67 bits per heavy atom. The van der Waals surface area contributed by atoms with Gasteiger partial charge in [0, 0.05) is 12.1 Å². The van der Waals surface area contributed by atoms with Gasteiger partial charge in [0.15, 0.2) is 0 Å². The third kappa shape index (κ3) is 5.08. The van der Waals surface area contributed by atoms with Gasteiger partial charge in [-0.2, -0.15) is 0 Å². The number of thiocarbonyl (C=S) groups is 1. The fourth-order valence-corrected chi connectivity index (χ4v) is 2.30. The number of anilines is 1. The zero-order chi connectivity index (χ0) is 15.8. The number of carbonyl (C=O) groups excluding carboxylic acids is 1. The number of para-hydroxylation sites is 1. The van der Waals surface area contributed by atoms with E-state index in [1.54, 1.807) is 12.1 Å². The summed E-state index contributed by atoms with van der Waals surface area (Å²) in [5.41, 5.74) is 6.92. The van der Waals surface area contributed by atoms with Crippen LogP contribution in [-0.2, 0) is 4.79 Å². The maximum atomic E-state index is 12.4. The molecule has 1 rings (SSSR count). The molecule has 0 aromatic heterocycles. The van der Waals surface area contributed by atoms with E-state index in [4.69, 9.17) is 23.1 Å². The number of rotatable bonds is 8. The SMILES string of the molecule is CCCN(CCO)C(C)C(=O)Nc1ccccc1C(N)=S. The Hall–Kier alpha value is -1.50. The van der Waals surface area contributed by atoms with Gasteiger partial charge in [-0.1, -0.05) is 31.3 Å². The Kier molecular flexibility index (Phi) is 7.28. The monoisotopic (exact) mass is 309 g/mol. The Morgan fingerprint density at radius 2 is 2.10 bits per heavy atom. The van der Waals surface area contributed by atoms with Gasteiger partial charge >= 0.3 is 0 Å². The average molecular weight is 309 g/mol. The molecule has 0 fully saturated rings. The molecule has 21 heavy (non-hydrogen) atoms. The average Bonchev–Trinajstić information content (AvgIpc) is 2.46. The molecular weight excluding hydrogens is 286 g/mol. The van der Waals surface area contributed by atoms with Crippen molar-refractivity contribution in [2.75, 3.05) is 25.0 Å². The molecule has 1 amide bonds. The van der Waals surface area contributed by atoms with Crippen LogP contribution in [0.3, 0.4) is 0 Å². The predicted molar refractivity (Wildman–Crippen MR) is 89.4 cm³/mol. The number of aliphatic hydroxyl groups excluding tert-OH is 1. The Bertz CT molecular complexity index is 488. The molecule has 1 unspecified atom stereocenters. The molecule has 1 aromatic carbocycles. The van der Waals surface area contributed by atoms with E-state index >= 15 is 0 Å². The van der Waals surface area contributed by atoms with Crippen molar-refractivity contribution in [2.24, 2.45) is 5.73 Å². The van der Waals surface area contributed by atoms with Crippen molar-refractivity contribution in [3.8, 4) is 0 Å². The third-order valence-electron chi connectivity index (χ3n) is 3.28. The number of nitrogens with two attached hydrogens (primary N) is 1. The normalized spacial score (nSPS) is 12.2. The number of nitrogens with zero attached hydrogens (tertiary/aromatic N) is 1. The Morgan fingerprint density at radius 1 is 1.43 bits per heavy atom. The van der Waals surface area contributed by atoms with Gasteiger partial charge in [-0.3, -0.25) is 9.69 Å². The lowest BCUT2D eigenvalue weighted by molar-refractivity contribution is -0.120. The van der Waals surface area contributed by atoms with Gasteiger partial charge in [0.1, 0.15) is 4.99 Å². The number of aliphatic hydroxyl groups is 1. The zero-order valence-corrected chi connectivity index (χ0v) is 13.3. The van der Waals surface area contributed by atoms with Gasteiger partial charge in [-0.15, -0.1) is 0 Å². The molecule has 5 nitrogen and oxygen atoms in total. The fourth-order valence-electron chi connectivity index (χ4n) is 2.12. The first-order valence-corrected chi connectivity index (χ1v) is 7.46. The van der Waals surface area contributed by atoms with Crippen molar-refractivity contribution in [3.05, 3.63) is 29.8 Å². The molecule has 116 valence electrons. The quantitative estimate of drug-likeness (QED) is 0.632. The Labute approximate surface area is 131 Å². The van der Waals surface area contributed by atoms with Crippen LogP contribution in [0.15, 0.2) is 24.3 Å². The summed E-state index contributed by atoms with van der Waals surface area (Å²) in [5.74, 6) is -0.138. The molecule has 0 radical (unpaired) electrons. The van der Waals surface area contributed by atoms with Crippen LogP contribution in [0.1, 0.15) is 25.8 Å². The fraction of sp³-hybridized carbons (Fsp3) is 0.467. The predicted octanol–water partition coefficient (Wildman–Crippen LogP) is 1.35. The molecule has 0 aliphatic carbocycles. The summed E-state index contributed by atoms with van der Waals surface area (Å²) in [6.07, 6.45) is 0.918. The first-order chi connectivity index (χ1) is 10.0. The van der Waals surface area contributed by atoms with E-state index in [0.29, 0.717) is 17.8 Å². The van der Waals surface area contributed by atoms with Crippen LogP contribution < -0.4 is 11.1 Å². The minimum absolute atomic E-state index is 0.0289. The van der Waals surface area contributed by atoms with Crippen LogP contribution in [0.5, 0.6) is 0 Å². The highest BCUT2D eigenvalue weighted by Crippen LogP contribution is 2.16. The summed E-state index contributed by atoms with van der Waals surface area (Å²) in [6, 6.07) is 6.86. The maximum Gasteiger partial charge on any atom is 0.241 e. The van der Waals surface area contributed by atoms with E-state index in [1.165, 1.54) is 0 Å². The maximum absolute atomic E-state index is 12.4. The minimum Gasteiger partial charge on any atom is -0.395 e. The van der Waals surface area contributed by atoms with Crippen LogP contribution >= 0.6 is 12.2 Å². The molecule has 1 atom stereocenters. The highest BCUT2D eigenvalue weighted by Gasteiger charge is 2.21.